The highest BCUT2D eigenvalue weighted by Gasteiger charge is 2.68. The van der Waals surface area contributed by atoms with Crippen LogP contribution in [0, 0.1) is 33.5 Å². The first-order chi connectivity index (χ1) is 16.2. The van der Waals surface area contributed by atoms with E-state index < -0.39 is 0 Å². The molecule has 0 saturated heterocycles. The summed E-state index contributed by atoms with van der Waals surface area (Å²) in [5.41, 5.74) is 1.57. The zero-order chi connectivity index (χ0) is 24.2. The molecule has 2 bridgehead atoms. The number of hydrogen-bond acceptors (Lipinski definition) is 3. The number of esters is 1. The Labute approximate surface area is 211 Å². The zero-order valence-corrected chi connectivity index (χ0v) is 22.2. The van der Waals surface area contributed by atoms with Gasteiger partial charge in [0.1, 0.15) is 0 Å². The smallest absolute Gasteiger partial charge is 0.312 e. The molecule has 2 N–H and O–H groups in total. The molecule has 1 aromatic carbocycles. The summed E-state index contributed by atoms with van der Waals surface area (Å²) in [6.07, 6.45) is 10.8. The summed E-state index contributed by atoms with van der Waals surface area (Å²) in [6.45, 7) is 9.64. The van der Waals surface area contributed by atoms with Gasteiger partial charge in [-0.25, -0.2) is 0 Å². The van der Waals surface area contributed by atoms with E-state index in [2.05, 4.69) is 43.5 Å². The van der Waals surface area contributed by atoms with Gasteiger partial charge in [-0.2, -0.15) is 0 Å². The number of thiocarbonyl (C=S) groups is 1. The highest BCUT2D eigenvalue weighted by molar-refractivity contribution is 7.80. The first-order valence-corrected chi connectivity index (χ1v) is 13.9. The molecule has 4 fully saturated rings. The molecule has 1 spiro atoms. The number of benzene rings is 1. The van der Waals surface area contributed by atoms with Crippen molar-refractivity contribution in [2.45, 2.75) is 91.5 Å². The normalized spacial score (nSPS) is 42.8. The largest absolute Gasteiger partial charge is 0.466 e. The lowest BCUT2D eigenvalue weighted by Crippen LogP contribution is -2.58. The van der Waals surface area contributed by atoms with Crippen LogP contribution in [0.25, 0.3) is 0 Å². The first kappa shape index (κ1) is 24.1. The van der Waals surface area contributed by atoms with Crippen molar-refractivity contribution in [2.75, 3.05) is 11.9 Å². The Balaban J connectivity index is 1.36. The minimum atomic E-state index is -0.331. The second kappa shape index (κ2) is 8.50. The number of anilines is 1. The zero-order valence-electron chi connectivity index (χ0n) is 21.4. The van der Waals surface area contributed by atoms with Gasteiger partial charge in [-0.1, -0.05) is 38.5 Å². The number of para-hydroxylation sites is 1. The van der Waals surface area contributed by atoms with Crippen molar-refractivity contribution in [2.24, 2.45) is 33.5 Å². The fourth-order valence-corrected chi connectivity index (χ4v) is 9.64. The van der Waals surface area contributed by atoms with E-state index >= 15 is 0 Å². The van der Waals surface area contributed by atoms with Crippen LogP contribution < -0.4 is 10.6 Å². The quantitative estimate of drug-likeness (QED) is 0.369. The molecule has 1 aromatic rings. The Morgan fingerprint density at radius 1 is 1.06 bits per heavy atom. The van der Waals surface area contributed by atoms with E-state index in [0.29, 0.717) is 29.9 Å². The van der Waals surface area contributed by atoms with Crippen molar-refractivity contribution in [3.05, 3.63) is 30.3 Å². The maximum atomic E-state index is 13.2. The van der Waals surface area contributed by atoms with Crippen molar-refractivity contribution < 1.29 is 9.53 Å². The Kier molecular flexibility index (Phi) is 6.02. The third-order valence-electron chi connectivity index (χ3n) is 10.7. The summed E-state index contributed by atoms with van der Waals surface area (Å²) in [7, 11) is 0. The van der Waals surface area contributed by atoms with Crippen LogP contribution in [0.1, 0.15) is 85.5 Å². The Morgan fingerprint density at radius 3 is 2.53 bits per heavy atom. The van der Waals surface area contributed by atoms with Gasteiger partial charge in [0.05, 0.1) is 12.0 Å². The fraction of sp³-hybridized carbons (Fsp3) is 0.724. The SMILES string of the molecule is CCOC(=O)[C@]1(C)CCC[C@@]2(C)[C@@H]3CC[C@@]4(C)C[C@]3(CC[C@@H]21)C[C@H]4NC(=S)Nc1ccccc1. The van der Waals surface area contributed by atoms with Crippen molar-refractivity contribution in [3.63, 3.8) is 0 Å². The molecule has 0 heterocycles. The van der Waals surface area contributed by atoms with Crippen LogP contribution in [0.15, 0.2) is 30.3 Å². The van der Waals surface area contributed by atoms with Gasteiger partial charge >= 0.3 is 5.97 Å². The number of nitrogens with one attached hydrogen (secondary N) is 2. The van der Waals surface area contributed by atoms with Crippen molar-refractivity contribution in [3.8, 4) is 0 Å². The minimum absolute atomic E-state index is 0.0471. The van der Waals surface area contributed by atoms with E-state index in [4.69, 9.17) is 17.0 Å². The molecule has 0 amide bonds. The number of hydrogen-bond donors (Lipinski definition) is 2. The molecular weight excluding hydrogens is 440 g/mol. The van der Waals surface area contributed by atoms with Gasteiger partial charge in [-0.3, -0.25) is 4.79 Å². The van der Waals surface area contributed by atoms with Gasteiger partial charge in [-0.15, -0.1) is 0 Å². The molecule has 4 saturated carbocycles. The molecule has 0 radical (unpaired) electrons. The Morgan fingerprint density at radius 2 is 1.79 bits per heavy atom. The molecule has 0 unspecified atom stereocenters. The van der Waals surface area contributed by atoms with Gasteiger partial charge in [0, 0.05) is 11.7 Å². The number of ether oxygens (including phenoxy) is 1. The van der Waals surface area contributed by atoms with Crippen molar-refractivity contribution in [1.29, 1.82) is 0 Å². The van der Waals surface area contributed by atoms with Gasteiger partial charge in [0.25, 0.3) is 0 Å². The van der Waals surface area contributed by atoms with Crippen LogP contribution in [-0.4, -0.2) is 23.7 Å². The lowest BCUT2D eigenvalue weighted by Gasteiger charge is -2.64. The molecular formula is C29H42N2O2S. The Bertz CT molecular complexity index is 953. The maximum absolute atomic E-state index is 13.2. The van der Waals surface area contributed by atoms with Gasteiger partial charge in [0.15, 0.2) is 5.11 Å². The van der Waals surface area contributed by atoms with E-state index in [0.717, 1.165) is 30.1 Å². The number of carbonyl (C=O) groups excluding carboxylic acids is 1. The average molecular weight is 483 g/mol. The molecule has 0 aliphatic heterocycles. The fourth-order valence-electron chi connectivity index (χ4n) is 9.38. The minimum Gasteiger partial charge on any atom is -0.466 e. The predicted molar refractivity (Wildman–Crippen MR) is 142 cm³/mol. The Hall–Kier alpha value is -1.62. The lowest BCUT2D eigenvalue weighted by molar-refractivity contribution is -0.187. The molecule has 5 heteroatoms. The summed E-state index contributed by atoms with van der Waals surface area (Å²) in [6, 6.07) is 10.6. The number of rotatable bonds is 4. The molecule has 0 aromatic heterocycles. The summed E-state index contributed by atoms with van der Waals surface area (Å²) >= 11 is 5.75. The van der Waals surface area contributed by atoms with Crippen molar-refractivity contribution in [1.82, 2.24) is 5.32 Å². The van der Waals surface area contributed by atoms with Crippen LogP contribution in [0.2, 0.25) is 0 Å². The average Bonchev–Trinajstić information content (AvgIpc) is 2.98. The van der Waals surface area contributed by atoms with Crippen LogP contribution in [0.3, 0.4) is 0 Å². The number of carbonyl (C=O) groups is 1. The van der Waals surface area contributed by atoms with Gasteiger partial charge < -0.3 is 15.4 Å². The lowest BCUT2D eigenvalue weighted by atomic mass is 9.40. The van der Waals surface area contributed by atoms with Crippen LogP contribution in [0.5, 0.6) is 0 Å². The van der Waals surface area contributed by atoms with E-state index in [1.807, 2.05) is 25.1 Å². The van der Waals surface area contributed by atoms with Crippen molar-refractivity contribution >= 4 is 29.0 Å². The highest BCUT2D eigenvalue weighted by Crippen LogP contribution is 2.73. The van der Waals surface area contributed by atoms with E-state index in [1.165, 1.54) is 38.5 Å². The molecule has 4 aliphatic rings. The first-order valence-electron chi connectivity index (χ1n) is 13.5. The molecule has 186 valence electrons. The van der Waals surface area contributed by atoms with E-state index in [1.54, 1.807) is 0 Å². The van der Waals surface area contributed by atoms with E-state index in [9.17, 15) is 4.79 Å². The highest BCUT2D eigenvalue weighted by atomic mass is 32.1. The number of fused-ring (bicyclic) bond motifs is 3. The third-order valence-corrected chi connectivity index (χ3v) is 11.0. The van der Waals surface area contributed by atoms with Crippen LogP contribution >= 0.6 is 12.2 Å². The third kappa shape index (κ3) is 3.68. The molecule has 4 aliphatic carbocycles. The van der Waals surface area contributed by atoms with Gasteiger partial charge in [-0.05, 0) is 118 Å². The van der Waals surface area contributed by atoms with Crippen LogP contribution in [0.4, 0.5) is 5.69 Å². The molecule has 5 rings (SSSR count). The maximum Gasteiger partial charge on any atom is 0.312 e. The molecule has 7 atom stereocenters. The summed E-state index contributed by atoms with van der Waals surface area (Å²) in [5, 5.41) is 7.88. The monoisotopic (exact) mass is 482 g/mol. The van der Waals surface area contributed by atoms with Gasteiger partial charge in [0.2, 0.25) is 0 Å². The topological polar surface area (TPSA) is 50.4 Å². The summed E-state index contributed by atoms with van der Waals surface area (Å²) in [5.74, 6) is 1.16. The second-order valence-electron chi connectivity index (χ2n) is 12.6. The molecule has 34 heavy (non-hydrogen) atoms. The van der Waals surface area contributed by atoms with Crippen LogP contribution in [-0.2, 0) is 9.53 Å². The predicted octanol–water partition coefficient (Wildman–Crippen LogP) is 6.71. The molecule has 4 nitrogen and oxygen atoms in total. The standard InChI is InChI=1S/C29H42N2O2S/c1-5-33-24(32)28(4)15-9-14-27(3)21(28)13-17-29-18-23(26(2,19-29)16-12-22(27)29)31-25(34)30-20-10-7-6-8-11-20/h6-8,10-11,21-23H,5,9,12-19H2,1-4H3,(H2,30,31,34)/t21-,22-,23+,26-,27+,28+,29-/m0/s1. The summed E-state index contributed by atoms with van der Waals surface area (Å²) < 4.78 is 5.63. The second-order valence-corrected chi connectivity index (χ2v) is 13.0. The van der Waals surface area contributed by atoms with E-state index in [-0.39, 0.29) is 22.2 Å². The summed E-state index contributed by atoms with van der Waals surface area (Å²) in [4.78, 5) is 13.2.